The zero-order valence-corrected chi connectivity index (χ0v) is 13.0. The van der Waals surface area contributed by atoms with Gasteiger partial charge < -0.3 is 14.7 Å². The van der Waals surface area contributed by atoms with Crippen molar-refractivity contribution >= 4 is 29.4 Å². The first kappa shape index (κ1) is 15.8. The predicted octanol–water partition coefficient (Wildman–Crippen LogP) is 2.66. The molecule has 2 aromatic carbocycles. The molecule has 1 aliphatic rings. The number of halogens is 1. The number of nitrogens with zero attached hydrogens (tertiary/aromatic N) is 2. The van der Waals surface area contributed by atoms with E-state index in [1.54, 1.807) is 36.4 Å². The third kappa shape index (κ3) is 3.47. The zero-order chi connectivity index (χ0) is 16.9. The monoisotopic (exact) mass is 345 g/mol. The molecule has 0 bridgehead atoms. The topological polar surface area (TPSA) is 92.5 Å². The Morgan fingerprint density at radius 3 is 2.79 bits per heavy atom. The number of rotatable bonds is 4. The van der Waals surface area contributed by atoms with E-state index in [0.717, 1.165) is 6.21 Å². The number of benzene rings is 2. The maximum absolute atomic E-state index is 12.1. The largest absolute Gasteiger partial charge is 0.454 e. The summed E-state index contributed by atoms with van der Waals surface area (Å²) in [5.74, 6) is 0.719. The Morgan fingerprint density at radius 2 is 2.00 bits per heavy atom. The van der Waals surface area contributed by atoms with Gasteiger partial charge in [0.25, 0.3) is 5.91 Å². The van der Waals surface area contributed by atoms with Crippen molar-refractivity contribution in [1.82, 2.24) is 5.43 Å². The third-order valence-electron chi connectivity index (χ3n) is 3.21. The fraction of sp³-hybridized carbons (Fsp3) is 0.0625. The zero-order valence-electron chi connectivity index (χ0n) is 12.3. The molecule has 1 heterocycles. The molecule has 1 aliphatic heterocycles. The second-order valence-electron chi connectivity index (χ2n) is 4.76. The maximum atomic E-state index is 12.1. The molecule has 8 heteroatoms. The van der Waals surface area contributed by atoms with Crippen LogP contribution in [-0.4, -0.2) is 29.8 Å². The predicted molar refractivity (Wildman–Crippen MR) is 88.3 cm³/mol. The van der Waals surface area contributed by atoms with Gasteiger partial charge in [-0.15, -0.1) is 0 Å². The molecule has 3 rings (SSSR count). The number of nitrogens with one attached hydrogen (secondary N) is 1. The van der Waals surface area contributed by atoms with Crippen LogP contribution in [0, 0.1) is 0 Å². The fourth-order valence-corrected chi connectivity index (χ4v) is 2.27. The lowest BCUT2D eigenvalue weighted by molar-refractivity contribution is 0.0955. The molecule has 0 radical (unpaired) electrons. The molecule has 2 aromatic rings. The van der Waals surface area contributed by atoms with Crippen molar-refractivity contribution in [1.29, 1.82) is 0 Å². The van der Waals surface area contributed by atoms with Gasteiger partial charge in [0.1, 0.15) is 5.71 Å². The molecule has 2 N–H and O–H groups in total. The second-order valence-corrected chi connectivity index (χ2v) is 5.20. The molecular weight excluding hydrogens is 334 g/mol. The van der Waals surface area contributed by atoms with Crippen LogP contribution in [-0.2, 0) is 0 Å². The van der Waals surface area contributed by atoms with Gasteiger partial charge in [-0.2, -0.15) is 5.10 Å². The Kier molecular flexibility index (Phi) is 4.62. The van der Waals surface area contributed by atoms with E-state index in [9.17, 15) is 4.79 Å². The lowest BCUT2D eigenvalue weighted by atomic mass is 10.1. The van der Waals surface area contributed by atoms with Gasteiger partial charge in [0, 0.05) is 16.1 Å². The number of oxime groups is 1. The van der Waals surface area contributed by atoms with E-state index in [4.69, 9.17) is 26.3 Å². The van der Waals surface area contributed by atoms with Crippen LogP contribution >= 0.6 is 11.6 Å². The first-order chi connectivity index (χ1) is 11.7. The average molecular weight is 346 g/mol. The van der Waals surface area contributed by atoms with Crippen LogP contribution in [0.3, 0.4) is 0 Å². The van der Waals surface area contributed by atoms with Gasteiger partial charge in [0.15, 0.2) is 11.5 Å². The average Bonchev–Trinajstić information content (AvgIpc) is 3.06. The molecule has 122 valence electrons. The molecule has 0 fully saturated rings. The summed E-state index contributed by atoms with van der Waals surface area (Å²) in [4.78, 5) is 12.1. The number of ether oxygens (including phenoxy) is 2. The number of hydrogen-bond donors (Lipinski definition) is 2. The Morgan fingerprint density at radius 1 is 1.17 bits per heavy atom. The van der Waals surface area contributed by atoms with Gasteiger partial charge >= 0.3 is 0 Å². The molecule has 0 aliphatic carbocycles. The first-order valence-corrected chi connectivity index (χ1v) is 7.26. The van der Waals surface area contributed by atoms with Crippen molar-refractivity contribution in [2.75, 3.05) is 6.79 Å². The van der Waals surface area contributed by atoms with Gasteiger partial charge in [0.05, 0.1) is 6.21 Å². The molecule has 0 spiro atoms. The highest BCUT2D eigenvalue weighted by molar-refractivity contribution is 6.38. The molecule has 0 unspecified atom stereocenters. The van der Waals surface area contributed by atoms with Crippen molar-refractivity contribution in [2.24, 2.45) is 10.3 Å². The van der Waals surface area contributed by atoms with Crippen LogP contribution in [0.2, 0.25) is 5.02 Å². The van der Waals surface area contributed by atoms with Crippen molar-refractivity contribution in [3.63, 3.8) is 0 Å². The molecular formula is C16H12ClN3O4. The van der Waals surface area contributed by atoms with E-state index in [1.165, 1.54) is 6.07 Å². The van der Waals surface area contributed by atoms with Crippen molar-refractivity contribution in [2.45, 2.75) is 0 Å². The standard InChI is InChI=1S/C16H12ClN3O4/c17-12-3-1-2-11(6-12)16(21)20-19-13(8-18-22)10-4-5-14-15(7-10)24-9-23-14/h1-8,22H,9H2,(H,20,21)/b18-8+,19-13+. The summed E-state index contributed by atoms with van der Waals surface area (Å²) in [5.41, 5.74) is 3.58. The smallest absolute Gasteiger partial charge is 0.271 e. The van der Waals surface area contributed by atoms with Gasteiger partial charge in [0.2, 0.25) is 6.79 Å². The van der Waals surface area contributed by atoms with Gasteiger partial charge in [-0.25, -0.2) is 5.43 Å². The third-order valence-corrected chi connectivity index (χ3v) is 3.45. The minimum Gasteiger partial charge on any atom is -0.454 e. The highest BCUT2D eigenvalue weighted by Crippen LogP contribution is 2.32. The summed E-state index contributed by atoms with van der Waals surface area (Å²) in [7, 11) is 0. The first-order valence-electron chi connectivity index (χ1n) is 6.88. The highest BCUT2D eigenvalue weighted by Gasteiger charge is 2.15. The highest BCUT2D eigenvalue weighted by atomic mass is 35.5. The van der Waals surface area contributed by atoms with Crippen LogP contribution < -0.4 is 14.9 Å². The van der Waals surface area contributed by atoms with Crippen molar-refractivity contribution in [3.05, 3.63) is 58.6 Å². The Bertz CT molecular complexity index is 836. The van der Waals surface area contributed by atoms with E-state index >= 15 is 0 Å². The SMILES string of the molecule is O=C(N/N=C(\C=N\O)c1ccc2c(c1)OCO2)c1cccc(Cl)c1. The van der Waals surface area contributed by atoms with E-state index in [-0.39, 0.29) is 12.5 Å². The summed E-state index contributed by atoms with van der Waals surface area (Å²) in [6.07, 6.45) is 1.11. The minimum absolute atomic E-state index is 0.144. The summed E-state index contributed by atoms with van der Waals surface area (Å²) in [6, 6.07) is 11.5. The summed E-state index contributed by atoms with van der Waals surface area (Å²) < 4.78 is 10.5. The lowest BCUT2D eigenvalue weighted by Gasteiger charge is -2.04. The number of amides is 1. The van der Waals surface area contributed by atoms with Crippen LogP contribution in [0.5, 0.6) is 11.5 Å². The summed E-state index contributed by atoms with van der Waals surface area (Å²) >= 11 is 5.86. The van der Waals surface area contributed by atoms with E-state index in [2.05, 4.69) is 15.7 Å². The Labute approximate surface area is 142 Å². The summed E-state index contributed by atoms with van der Waals surface area (Å²) in [6.45, 7) is 0.144. The molecule has 0 atom stereocenters. The lowest BCUT2D eigenvalue weighted by Crippen LogP contribution is -2.20. The van der Waals surface area contributed by atoms with Crippen LogP contribution in [0.25, 0.3) is 0 Å². The van der Waals surface area contributed by atoms with E-state index in [1.807, 2.05) is 0 Å². The van der Waals surface area contributed by atoms with Gasteiger partial charge in [-0.05, 0) is 36.4 Å². The van der Waals surface area contributed by atoms with E-state index in [0.29, 0.717) is 27.6 Å². The number of carbonyl (C=O) groups excluding carboxylic acids is 1. The number of carbonyl (C=O) groups is 1. The second kappa shape index (κ2) is 7.01. The van der Waals surface area contributed by atoms with Crippen LogP contribution in [0.4, 0.5) is 0 Å². The Balaban J connectivity index is 1.83. The normalized spacial score (nSPS) is 13.3. The van der Waals surface area contributed by atoms with Crippen LogP contribution in [0.1, 0.15) is 15.9 Å². The molecule has 7 nitrogen and oxygen atoms in total. The quantitative estimate of drug-likeness (QED) is 0.506. The van der Waals surface area contributed by atoms with Crippen LogP contribution in [0.15, 0.2) is 52.7 Å². The molecule has 1 amide bonds. The molecule has 0 saturated carbocycles. The fourth-order valence-electron chi connectivity index (χ4n) is 2.08. The van der Waals surface area contributed by atoms with E-state index < -0.39 is 5.91 Å². The minimum atomic E-state index is -0.443. The Hall–Kier alpha value is -3.06. The number of fused-ring (bicyclic) bond motifs is 1. The van der Waals surface area contributed by atoms with Crippen molar-refractivity contribution < 1.29 is 19.5 Å². The molecule has 0 aromatic heterocycles. The summed E-state index contributed by atoms with van der Waals surface area (Å²) in [5, 5.41) is 16.2. The number of hydrazone groups is 1. The van der Waals surface area contributed by atoms with Gasteiger partial charge in [-0.1, -0.05) is 22.8 Å². The molecule has 24 heavy (non-hydrogen) atoms. The maximum Gasteiger partial charge on any atom is 0.271 e. The number of hydrogen-bond acceptors (Lipinski definition) is 6. The van der Waals surface area contributed by atoms with Gasteiger partial charge in [-0.3, -0.25) is 4.79 Å². The van der Waals surface area contributed by atoms with Crippen molar-refractivity contribution in [3.8, 4) is 11.5 Å². The molecule has 0 saturated heterocycles.